The van der Waals surface area contributed by atoms with Crippen molar-refractivity contribution in [1.82, 2.24) is 0 Å². The van der Waals surface area contributed by atoms with Crippen molar-refractivity contribution in [1.29, 1.82) is 0 Å². The molecule has 0 fully saturated rings. The molecule has 0 unspecified atom stereocenters. The Morgan fingerprint density at radius 3 is 2.27 bits per heavy atom. The van der Waals surface area contributed by atoms with E-state index in [-0.39, 0.29) is 4.86 Å². The summed E-state index contributed by atoms with van der Waals surface area (Å²) in [6.45, 7) is 0. The Morgan fingerprint density at radius 1 is 1.33 bits per heavy atom. The number of carbonyl (C=O) groups is 1. The van der Waals surface area contributed by atoms with E-state index in [1.165, 1.54) is 0 Å². The van der Waals surface area contributed by atoms with Gasteiger partial charge in [-0.1, -0.05) is 24.4 Å². The molecular weight excluding hydrogens is 210 g/mol. The fourth-order valence-electron chi connectivity index (χ4n) is 1.17. The van der Waals surface area contributed by atoms with Gasteiger partial charge in [0.15, 0.2) is 0 Å². The molecule has 0 bridgehead atoms. The van der Waals surface area contributed by atoms with Gasteiger partial charge in [-0.05, 0) is 17.7 Å². The van der Waals surface area contributed by atoms with Crippen molar-refractivity contribution in [2.75, 3.05) is 19.0 Å². The van der Waals surface area contributed by atoms with E-state index in [9.17, 15) is 4.79 Å². The van der Waals surface area contributed by atoms with Crippen LogP contribution in [0.4, 0.5) is 5.69 Å². The Hall–Kier alpha value is -1.42. The number of aliphatic carboxylic acids is 1. The number of nitrogens with zero attached hydrogens (tertiary/aromatic N) is 1. The van der Waals surface area contributed by atoms with Gasteiger partial charge in [0.05, 0.1) is 0 Å². The summed E-state index contributed by atoms with van der Waals surface area (Å²) in [6.07, 6.45) is 0.318. The van der Waals surface area contributed by atoms with Crippen LogP contribution in [0.15, 0.2) is 24.3 Å². The molecule has 0 spiro atoms. The Balaban J connectivity index is 2.73. The first kappa shape index (κ1) is 11.7. The maximum atomic E-state index is 10.5. The highest BCUT2D eigenvalue weighted by atomic mass is 32.1. The number of benzene rings is 1. The Morgan fingerprint density at radius 2 is 1.87 bits per heavy atom. The van der Waals surface area contributed by atoms with E-state index >= 15 is 0 Å². The van der Waals surface area contributed by atoms with Crippen molar-refractivity contribution in [2.45, 2.75) is 6.42 Å². The molecule has 15 heavy (non-hydrogen) atoms. The van der Waals surface area contributed by atoms with Gasteiger partial charge in [-0.25, -0.2) is 4.79 Å². The number of anilines is 1. The van der Waals surface area contributed by atoms with Gasteiger partial charge in [-0.15, -0.1) is 0 Å². The maximum absolute atomic E-state index is 10.5. The highest BCUT2D eigenvalue weighted by Crippen LogP contribution is 2.12. The molecule has 0 saturated carbocycles. The van der Waals surface area contributed by atoms with E-state index in [4.69, 9.17) is 17.3 Å². The minimum atomic E-state index is -1.01. The Labute approximate surface area is 94.3 Å². The van der Waals surface area contributed by atoms with E-state index in [2.05, 4.69) is 0 Å². The zero-order valence-corrected chi connectivity index (χ0v) is 9.54. The summed E-state index contributed by atoms with van der Waals surface area (Å²) in [4.78, 5) is 12.6. The van der Waals surface area contributed by atoms with Gasteiger partial charge in [0.2, 0.25) is 0 Å². The van der Waals surface area contributed by atoms with E-state index in [1.807, 2.05) is 43.3 Å². The van der Waals surface area contributed by atoms with Crippen LogP contribution in [0.3, 0.4) is 0 Å². The molecule has 1 rings (SSSR count). The van der Waals surface area contributed by atoms with Gasteiger partial charge in [0, 0.05) is 26.2 Å². The van der Waals surface area contributed by atoms with Gasteiger partial charge in [0.25, 0.3) is 0 Å². The highest BCUT2D eigenvalue weighted by molar-refractivity contribution is 7.82. The van der Waals surface area contributed by atoms with Gasteiger partial charge in [-0.2, -0.15) is 0 Å². The van der Waals surface area contributed by atoms with Gasteiger partial charge < -0.3 is 10.0 Å². The van der Waals surface area contributed by atoms with Crippen LogP contribution in [0.2, 0.25) is 0 Å². The number of hydrogen-bond acceptors (Lipinski definition) is 3. The summed E-state index contributed by atoms with van der Waals surface area (Å²) in [5.41, 5.74) is 2.01. The minimum absolute atomic E-state index is 0.0487. The van der Waals surface area contributed by atoms with Gasteiger partial charge >= 0.3 is 5.97 Å². The lowest BCUT2D eigenvalue weighted by Crippen LogP contribution is -2.13. The molecule has 0 atom stereocenters. The molecule has 0 saturated heterocycles. The molecule has 0 heterocycles. The second-order valence-electron chi connectivity index (χ2n) is 3.47. The predicted octanol–water partition coefficient (Wildman–Crippen LogP) is 1.75. The topological polar surface area (TPSA) is 40.5 Å². The van der Waals surface area contributed by atoms with Crippen molar-refractivity contribution >= 4 is 28.7 Å². The second kappa shape index (κ2) is 4.89. The summed E-state index contributed by atoms with van der Waals surface area (Å²) < 4.78 is 0. The summed E-state index contributed by atoms with van der Waals surface area (Å²) >= 11 is 4.73. The Bertz CT molecular complexity index is 371. The number of rotatable bonds is 4. The van der Waals surface area contributed by atoms with Crippen LogP contribution >= 0.6 is 12.2 Å². The zero-order valence-electron chi connectivity index (χ0n) is 8.73. The van der Waals surface area contributed by atoms with Crippen molar-refractivity contribution < 1.29 is 9.90 Å². The smallest absolute Gasteiger partial charge is 0.342 e. The normalized spacial score (nSPS) is 9.73. The molecule has 0 aliphatic heterocycles. The molecule has 1 aromatic carbocycles. The number of hydrogen-bond donors (Lipinski definition) is 1. The maximum Gasteiger partial charge on any atom is 0.342 e. The molecule has 0 radical (unpaired) electrons. The van der Waals surface area contributed by atoms with Crippen LogP contribution in [-0.4, -0.2) is 30.0 Å². The summed E-state index contributed by atoms with van der Waals surface area (Å²) in [6, 6.07) is 7.68. The largest absolute Gasteiger partial charge is 0.477 e. The lowest BCUT2D eigenvalue weighted by Gasteiger charge is -2.12. The second-order valence-corrected chi connectivity index (χ2v) is 3.96. The standard InChI is InChI=1S/C11H13NO2S/c1-12(2)9-5-3-8(4-6-9)7-10(15)11(13)14/h3-6H,7H2,1-2H3,(H,13,14). The Kier molecular flexibility index (Phi) is 3.80. The molecule has 1 aromatic rings. The highest BCUT2D eigenvalue weighted by Gasteiger charge is 2.07. The third-order valence-electron chi connectivity index (χ3n) is 2.06. The van der Waals surface area contributed by atoms with Crippen LogP contribution in [0.5, 0.6) is 0 Å². The molecule has 4 heteroatoms. The van der Waals surface area contributed by atoms with E-state index < -0.39 is 5.97 Å². The third-order valence-corrected chi connectivity index (χ3v) is 2.37. The molecule has 80 valence electrons. The van der Waals surface area contributed by atoms with E-state index in [0.29, 0.717) is 6.42 Å². The van der Waals surface area contributed by atoms with Crippen molar-refractivity contribution in [3.05, 3.63) is 29.8 Å². The molecule has 0 amide bonds. The predicted molar refractivity (Wildman–Crippen MR) is 64.7 cm³/mol. The van der Waals surface area contributed by atoms with E-state index in [0.717, 1.165) is 11.3 Å². The fraction of sp³-hybridized carbons (Fsp3) is 0.273. The first-order valence-electron chi connectivity index (χ1n) is 4.53. The van der Waals surface area contributed by atoms with Crippen molar-refractivity contribution in [2.24, 2.45) is 0 Å². The summed E-state index contributed by atoms with van der Waals surface area (Å²) in [5.74, 6) is -1.01. The summed E-state index contributed by atoms with van der Waals surface area (Å²) in [7, 11) is 3.91. The van der Waals surface area contributed by atoms with Gasteiger partial charge in [0.1, 0.15) is 4.86 Å². The average Bonchev–Trinajstić information content (AvgIpc) is 2.18. The number of carboxylic acids is 1. The first-order chi connectivity index (χ1) is 7.00. The molecule has 0 aliphatic carbocycles. The molecule has 0 aromatic heterocycles. The first-order valence-corrected chi connectivity index (χ1v) is 4.94. The van der Waals surface area contributed by atoms with Gasteiger partial charge in [-0.3, -0.25) is 0 Å². The number of carboxylic acid groups (broad SMARTS) is 1. The fourth-order valence-corrected chi connectivity index (χ4v) is 1.34. The zero-order chi connectivity index (χ0) is 11.4. The SMILES string of the molecule is CN(C)c1ccc(CC(=S)C(=O)O)cc1. The summed E-state index contributed by atoms with van der Waals surface area (Å²) in [5, 5.41) is 8.64. The van der Waals surface area contributed by atoms with Crippen LogP contribution in [0.1, 0.15) is 5.56 Å². The van der Waals surface area contributed by atoms with Crippen LogP contribution in [0, 0.1) is 0 Å². The molecule has 1 N–H and O–H groups in total. The molecular formula is C11H13NO2S. The third kappa shape index (κ3) is 3.32. The van der Waals surface area contributed by atoms with Crippen LogP contribution in [0.25, 0.3) is 0 Å². The quantitative estimate of drug-likeness (QED) is 0.789. The minimum Gasteiger partial charge on any atom is -0.477 e. The lowest BCUT2D eigenvalue weighted by atomic mass is 10.1. The van der Waals surface area contributed by atoms with E-state index in [1.54, 1.807) is 0 Å². The van der Waals surface area contributed by atoms with Crippen molar-refractivity contribution in [3.8, 4) is 0 Å². The molecule has 3 nitrogen and oxygen atoms in total. The van der Waals surface area contributed by atoms with Crippen LogP contribution < -0.4 is 4.90 Å². The van der Waals surface area contributed by atoms with Crippen molar-refractivity contribution in [3.63, 3.8) is 0 Å². The number of thiocarbonyl (C=S) groups is 1. The molecule has 0 aliphatic rings. The monoisotopic (exact) mass is 223 g/mol. The lowest BCUT2D eigenvalue weighted by molar-refractivity contribution is -0.129. The van der Waals surface area contributed by atoms with Crippen LogP contribution in [-0.2, 0) is 11.2 Å². The average molecular weight is 223 g/mol.